The number of rotatable bonds is 8. The molecule has 1 aliphatic rings. The fourth-order valence-corrected chi connectivity index (χ4v) is 2.48. The second kappa shape index (κ2) is 8.13. The molecule has 0 bridgehead atoms. The lowest BCUT2D eigenvalue weighted by molar-refractivity contribution is 0.0149. The van der Waals surface area contributed by atoms with Crippen LogP contribution in [0.25, 0.3) is 0 Å². The van der Waals surface area contributed by atoms with Gasteiger partial charge in [0.05, 0.1) is 13.2 Å². The van der Waals surface area contributed by atoms with E-state index in [1.165, 1.54) is 32.2 Å². The Morgan fingerprint density at radius 1 is 1.33 bits per heavy atom. The highest BCUT2D eigenvalue weighted by atomic mass is 16.5. The third-order valence-corrected chi connectivity index (χ3v) is 3.75. The summed E-state index contributed by atoms with van der Waals surface area (Å²) >= 11 is 0. The van der Waals surface area contributed by atoms with Gasteiger partial charge in [-0.15, -0.1) is 0 Å². The number of likely N-dealkylation sites (N-methyl/N-ethyl adjacent to an activating group) is 1. The van der Waals surface area contributed by atoms with Crippen LogP contribution in [0.15, 0.2) is 0 Å². The van der Waals surface area contributed by atoms with Crippen molar-refractivity contribution in [3.8, 4) is 0 Å². The third-order valence-electron chi connectivity index (χ3n) is 3.75. The lowest BCUT2D eigenvalue weighted by Gasteiger charge is -2.33. The van der Waals surface area contributed by atoms with Gasteiger partial charge in [0.15, 0.2) is 0 Å². The number of piperidine rings is 1. The molecule has 1 aliphatic heterocycles. The first-order chi connectivity index (χ1) is 8.55. The van der Waals surface area contributed by atoms with Crippen molar-refractivity contribution in [1.82, 2.24) is 10.2 Å². The van der Waals surface area contributed by atoms with Gasteiger partial charge in [-0.2, -0.15) is 0 Å². The van der Waals surface area contributed by atoms with Crippen molar-refractivity contribution in [3.63, 3.8) is 0 Å². The highest BCUT2D eigenvalue weighted by Gasteiger charge is 2.21. The maximum atomic E-state index is 5.96. The third kappa shape index (κ3) is 6.17. The van der Waals surface area contributed by atoms with Gasteiger partial charge in [0.25, 0.3) is 0 Å². The zero-order valence-electron chi connectivity index (χ0n) is 12.8. The zero-order valence-corrected chi connectivity index (χ0v) is 12.8. The summed E-state index contributed by atoms with van der Waals surface area (Å²) in [6.45, 7) is 11.9. The number of hydrogen-bond donors (Lipinski definition) is 1. The molecule has 0 aromatic carbocycles. The van der Waals surface area contributed by atoms with E-state index >= 15 is 0 Å². The highest BCUT2D eigenvalue weighted by molar-refractivity contribution is 4.75. The first kappa shape index (κ1) is 15.9. The van der Waals surface area contributed by atoms with Crippen LogP contribution >= 0.6 is 0 Å². The van der Waals surface area contributed by atoms with Crippen LogP contribution in [-0.4, -0.2) is 50.8 Å². The summed E-state index contributed by atoms with van der Waals surface area (Å²) < 4.78 is 5.96. The molecule has 0 aromatic heterocycles. The summed E-state index contributed by atoms with van der Waals surface area (Å²) in [5, 5.41) is 3.48. The Morgan fingerprint density at radius 3 is 2.78 bits per heavy atom. The summed E-state index contributed by atoms with van der Waals surface area (Å²) in [5.74, 6) is 0. The van der Waals surface area contributed by atoms with Crippen LogP contribution in [0.3, 0.4) is 0 Å². The van der Waals surface area contributed by atoms with Crippen molar-refractivity contribution in [2.75, 3.05) is 39.9 Å². The van der Waals surface area contributed by atoms with E-state index in [2.05, 4.69) is 38.0 Å². The summed E-state index contributed by atoms with van der Waals surface area (Å²) in [4.78, 5) is 2.45. The SMILES string of the molecule is CCCNCC(C)(C)COCC1CCCCN1C. The number of nitrogens with zero attached hydrogens (tertiary/aromatic N) is 1. The Hall–Kier alpha value is -0.120. The minimum atomic E-state index is 0.239. The lowest BCUT2D eigenvalue weighted by atomic mass is 9.94. The average Bonchev–Trinajstić information content (AvgIpc) is 2.32. The largest absolute Gasteiger partial charge is 0.379 e. The molecule has 18 heavy (non-hydrogen) atoms. The molecule has 3 heteroatoms. The van der Waals surface area contributed by atoms with Crippen LogP contribution in [0.4, 0.5) is 0 Å². The van der Waals surface area contributed by atoms with E-state index in [0.717, 1.165) is 26.3 Å². The van der Waals surface area contributed by atoms with Gasteiger partial charge < -0.3 is 15.0 Å². The second-order valence-corrected chi connectivity index (χ2v) is 6.49. The van der Waals surface area contributed by atoms with Crippen LogP contribution < -0.4 is 5.32 Å². The molecular weight excluding hydrogens is 224 g/mol. The highest BCUT2D eigenvalue weighted by Crippen LogP contribution is 2.18. The Labute approximate surface area is 113 Å². The molecular formula is C15H32N2O. The van der Waals surface area contributed by atoms with Gasteiger partial charge in [-0.3, -0.25) is 0 Å². The molecule has 1 rings (SSSR count). The van der Waals surface area contributed by atoms with Crippen molar-refractivity contribution < 1.29 is 4.74 Å². The molecule has 0 aliphatic carbocycles. The van der Waals surface area contributed by atoms with Crippen LogP contribution in [0.1, 0.15) is 46.5 Å². The van der Waals surface area contributed by atoms with Gasteiger partial charge in [0, 0.05) is 18.0 Å². The maximum Gasteiger partial charge on any atom is 0.0621 e. The molecule has 1 heterocycles. The molecule has 0 saturated carbocycles. The zero-order chi connectivity index (χ0) is 13.4. The van der Waals surface area contributed by atoms with E-state index in [9.17, 15) is 0 Å². The van der Waals surface area contributed by atoms with Crippen LogP contribution in [0.5, 0.6) is 0 Å². The number of likely N-dealkylation sites (tertiary alicyclic amines) is 1. The molecule has 0 radical (unpaired) electrons. The van der Waals surface area contributed by atoms with E-state index < -0.39 is 0 Å². The topological polar surface area (TPSA) is 24.5 Å². The molecule has 1 saturated heterocycles. The molecule has 108 valence electrons. The predicted molar refractivity (Wildman–Crippen MR) is 78.0 cm³/mol. The van der Waals surface area contributed by atoms with E-state index in [1.54, 1.807) is 0 Å². The number of nitrogens with one attached hydrogen (secondary N) is 1. The van der Waals surface area contributed by atoms with E-state index in [1.807, 2.05) is 0 Å². The molecule has 0 amide bonds. The van der Waals surface area contributed by atoms with Gasteiger partial charge in [-0.1, -0.05) is 27.2 Å². The summed E-state index contributed by atoms with van der Waals surface area (Å²) in [7, 11) is 2.22. The lowest BCUT2D eigenvalue weighted by Crippen LogP contribution is -2.41. The summed E-state index contributed by atoms with van der Waals surface area (Å²) in [6, 6.07) is 0.637. The van der Waals surface area contributed by atoms with Crippen molar-refractivity contribution in [2.24, 2.45) is 5.41 Å². The first-order valence-electron chi connectivity index (χ1n) is 7.54. The van der Waals surface area contributed by atoms with Crippen LogP contribution in [0, 0.1) is 5.41 Å². The maximum absolute atomic E-state index is 5.96. The molecule has 0 aromatic rings. The van der Waals surface area contributed by atoms with Gasteiger partial charge in [-0.05, 0) is 39.4 Å². The van der Waals surface area contributed by atoms with Crippen molar-refractivity contribution in [3.05, 3.63) is 0 Å². The fourth-order valence-electron chi connectivity index (χ4n) is 2.48. The van der Waals surface area contributed by atoms with Crippen molar-refractivity contribution in [1.29, 1.82) is 0 Å². The van der Waals surface area contributed by atoms with Gasteiger partial charge in [0.1, 0.15) is 0 Å². The van der Waals surface area contributed by atoms with Crippen molar-refractivity contribution >= 4 is 0 Å². The van der Waals surface area contributed by atoms with Crippen LogP contribution in [0.2, 0.25) is 0 Å². The second-order valence-electron chi connectivity index (χ2n) is 6.49. The number of ether oxygens (including phenoxy) is 1. The standard InChI is InChI=1S/C15H32N2O/c1-5-9-16-12-15(2,3)13-18-11-14-8-6-7-10-17(14)4/h14,16H,5-13H2,1-4H3. The Morgan fingerprint density at radius 2 is 2.11 bits per heavy atom. The molecule has 3 nitrogen and oxygen atoms in total. The quantitative estimate of drug-likeness (QED) is 0.675. The summed E-state index contributed by atoms with van der Waals surface area (Å²) in [6.07, 6.45) is 5.20. The molecule has 1 fully saturated rings. The normalized spacial score (nSPS) is 22.3. The van der Waals surface area contributed by atoms with E-state index in [4.69, 9.17) is 4.74 Å². The minimum absolute atomic E-state index is 0.239. The molecule has 1 unspecified atom stereocenters. The monoisotopic (exact) mass is 256 g/mol. The molecule has 0 spiro atoms. The smallest absolute Gasteiger partial charge is 0.0621 e. The predicted octanol–water partition coefficient (Wildman–Crippen LogP) is 2.51. The first-order valence-corrected chi connectivity index (χ1v) is 7.54. The Bertz CT molecular complexity index is 219. The minimum Gasteiger partial charge on any atom is -0.379 e. The van der Waals surface area contributed by atoms with E-state index in [0.29, 0.717) is 6.04 Å². The molecule has 1 atom stereocenters. The number of hydrogen-bond acceptors (Lipinski definition) is 3. The fraction of sp³-hybridized carbons (Fsp3) is 1.00. The molecule has 1 N–H and O–H groups in total. The van der Waals surface area contributed by atoms with E-state index in [-0.39, 0.29) is 5.41 Å². The van der Waals surface area contributed by atoms with Gasteiger partial charge in [0.2, 0.25) is 0 Å². The Balaban J connectivity index is 2.15. The average molecular weight is 256 g/mol. The van der Waals surface area contributed by atoms with Gasteiger partial charge in [-0.25, -0.2) is 0 Å². The summed E-state index contributed by atoms with van der Waals surface area (Å²) in [5.41, 5.74) is 0.239. The Kier molecular flexibility index (Phi) is 7.20. The van der Waals surface area contributed by atoms with Crippen molar-refractivity contribution in [2.45, 2.75) is 52.5 Å². The van der Waals surface area contributed by atoms with Crippen LogP contribution in [-0.2, 0) is 4.74 Å². The van der Waals surface area contributed by atoms with Gasteiger partial charge >= 0.3 is 0 Å².